The fourth-order valence-electron chi connectivity index (χ4n) is 2.19. The molecule has 2 amide bonds. The highest BCUT2D eigenvalue weighted by atomic mass is 35.5. The van der Waals surface area contributed by atoms with Crippen molar-refractivity contribution >= 4 is 29.6 Å². The Balaban J connectivity index is 1.92. The van der Waals surface area contributed by atoms with Crippen LogP contribution in [0.1, 0.15) is 31.8 Å². The van der Waals surface area contributed by atoms with Crippen molar-refractivity contribution in [1.82, 2.24) is 5.01 Å². The second kappa shape index (κ2) is 5.61. The Morgan fingerprint density at radius 1 is 1.09 bits per heavy atom. The number of alkyl halides is 1. The average Bonchev–Trinajstić information content (AvgIpc) is 2.79. The number of amides is 2. The van der Waals surface area contributed by atoms with Gasteiger partial charge in [0.05, 0.1) is 17.3 Å². The topological polar surface area (TPSA) is 70.0 Å². The lowest BCUT2D eigenvalue weighted by Crippen LogP contribution is -2.24. The van der Waals surface area contributed by atoms with E-state index in [-0.39, 0.29) is 11.6 Å². The first kappa shape index (κ1) is 14.3. The molecule has 0 fully saturated rings. The van der Waals surface area contributed by atoms with Crippen LogP contribution in [0.4, 0.5) is 0 Å². The third-order valence-electron chi connectivity index (χ3n) is 3.33. The fourth-order valence-corrected chi connectivity index (χ4v) is 2.36. The van der Waals surface area contributed by atoms with Gasteiger partial charge in [-0.2, -0.15) is 10.1 Å². The molecule has 1 heterocycles. The number of carbonyl (C=O) groups is 2. The van der Waals surface area contributed by atoms with Gasteiger partial charge in [-0.3, -0.25) is 9.59 Å². The molecule has 0 aromatic heterocycles. The van der Waals surface area contributed by atoms with Crippen LogP contribution >= 0.6 is 11.6 Å². The summed E-state index contributed by atoms with van der Waals surface area (Å²) in [5.74, 6) is -0.683. The van der Waals surface area contributed by atoms with Gasteiger partial charge in [0.15, 0.2) is 0 Å². The molecule has 2 aromatic carbocycles. The number of phenolic OH excluding ortho intramolecular Hbond substituents is 1. The summed E-state index contributed by atoms with van der Waals surface area (Å²) in [6.45, 7) is 0. The summed E-state index contributed by atoms with van der Waals surface area (Å²) in [5, 5.41) is 14.5. The van der Waals surface area contributed by atoms with E-state index in [1.54, 1.807) is 36.4 Å². The van der Waals surface area contributed by atoms with Crippen LogP contribution in [0.5, 0.6) is 5.75 Å². The van der Waals surface area contributed by atoms with Crippen molar-refractivity contribution in [2.24, 2.45) is 5.10 Å². The summed E-state index contributed by atoms with van der Waals surface area (Å²) in [5.41, 5.74) is 1.82. The highest BCUT2D eigenvalue weighted by Crippen LogP contribution is 2.23. The molecule has 3 rings (SSSR count). The van der Waals surface area contributed by atoms with Crippen LogP contribution in [0.15, 0.2) is 47.6 Å². The second-order valence-corrected chi connectivity index (χ2v) is 5.01. The minimum Gasteiger partial charge on any atom is -0.507 e. The Morgan fingerprint density at radius 2 is 1.73 bits per heavy atom. The van der Waals surface area contributed by atoms with E-state index < -0.39 is 11.8 Å². The van der Waals surface area contributed by atoms with E-state index in [1.165, 1.54) is 12.3 Å². The molecule has 0 unspecified atom stereocenters. The van der Waals surface area contributed by atoms with Crippen LogP contribution in [-0.4, -0.2) is 28.1 Å². The van der Waals surface area contributed by atoms with Crippen LogP contribution in [0.25, 0.3) is 0 Å². The molecule has 0 spiro atoms. The highest BCUT2D eigenvalue weighted by molar-refractivity contribution is 6.21. The van der Waals surface area contributed by atoms with E-state index in [2.05, 4.69) is 5.10 Å². The zero-order valence-electron chi connectivity index (χ0n) is 11.4. The molecule has 1 aliphatic rings. The Labute approximate surface area is 131 Å². The fraction of sp³-hybridized carbons (Fsp3) is 0.0625. The molecule has 0 atom stereocenters. The quantitative estimate of drug-likeness (QED) is 0.538. The highest BCUT2D eigenvalue weighted by Gasteiger charge is 2.35. The van der Waals surface area contributed by atoms with Crippen molar-refractivity contribution in [3.63, 3.8) is 0 Å². The van der Waals surface area contributed by atoms with Crippen molar-refractivity contribution in [2.45, 2.75) is 5.88 Å². The molecule has 0 aliphatic carbocycles. The number of rotatable bonds is 3. The van der Waals surface area contributed by atoms with E-state index >= 15 is 0 Å². The molecule has 1 N–H and O–H groups in total. The number of halogens is 1. The summed E-state index contributed by atoms with van der Waals surface area (Å²) in [4.78, 5) is 24.3. The number of carbonyl (C=O) groups excluding carboxylic acids is 2. The smallest absolute Gasteiger partial charge is 0.282 e. The van der Waals surface area contributed by atoms with Gasteiger partial charge in [0, 0.05) is 11.4 Å². The van der Waals surface area contributed by atoms with E-state index in [0.717, 1.165) is 10.6 Å². The number of nitrogens with zero attached hydrogens (tertiary/aromatic N) is 2. The number of hydrazone groups is 1. The number of hydrogen-bond donors (Lipinski definition) is 1. The third kappa shape index (κ3) is 2.35. The molecule has 0 saturated heterocycles. The summed E-state index contributed by atoms with van der Waals surface area (Å²) >= 11 is 5.74. The lowest BCUT2D eigenvalue weighted by molar-refractivity contribution is 0.0660. The van der Waals surface area contributed by atoms with Crippen molar-refractivity contribution in [1.29, 1.82) is 0 Å². The van der Waals surface area contributed by atoms with Crippen LogP contribution in [0, 0.1) is 0 Å². The summed E-state index contributed by atoms with van der Waals surface area (Å²) in [7, 11) is 0. The second-order valence-electron chi connectivity index (χ2n) is 4.74. The monoisotopic (exact) mass is 314 g/mol. The molecule has 5 nitrogen and oxygen atoms in total. The zero-order valence-corrected chi connectivity index (χ0v) is 12.1. The summed E-state index contributed by atoms with van der Waals surface area (Å²) in [6, 6.07) is 11.3. The van der Waals surface area contributed by atoms with Crippen molar-refractivity contribution < 1.29 is 14.7 Å². The maximum atomic E-state index is 12.1. The maximum Gasteiger partial charge on any atom is 0.282 e. The van der Waals surface area contributed by atoms with Crippen LogP contribution in [0.3, 0.4) is 0 Å². The van der Waals surface area contributed by atoms with Gasteiger partial charge in [0.25, 0.3) is 11.8 Å². The number of aromatic hydroxyl groups is 1. The molecule has 0 radical (unpaired) electrons. The first-order chi connectivity index (χ1) is 10.6. The van der Waals surface area contributed by atoms with Crippen molar-refractivity contribution in [3.05, 3.63) is 64.7 Å². The van der Waals surface area contributed by atoms with Crippen molar-refractivity contribution in [2.75, 3.05) is 0 Å². The number of imide groups is 1. The SMILES string of the molecule is O=C1c2ccccc2C(=O)N1/N=C\c1cc(CCl)ccc1O. The Bertz CT molecular complexity index is 767. The van der Waals surface area contributed by atoms with E-state index in [4.69, 9.17) is 11.6 Å². The molecule has 2 aromatic rings. The molecule has 6 heteroatoms. The molecule has 0 bridgehead atoms. The van der Waals surface area contributed by atoms with Crippen LogP contribution < -0.4 is 0 Å². The zero-order chi connectivity index (χ0) is 15.7. The van der Waals surface area contributed by atoms with Gasteiger partial charge in [-0.15, -0.1) is 11.6 Å². The number of benzene rings is 2. The largest absolute Gasteiger partial charge is 0.507 e. The minimum absolute atomic E-state index is 0.00535. The molecule has 110 valence electrons. The van der Waals surface area contributed by atoms with Gasteiger partial charge in [-0.05, 0) is 29.8 Å². The van der Waals surface area contributed by atoms with Gasteiger partial charge in [-0.25, -0.2) is 0 Å². The molecule has 1 aliphatic heterocycles. The van der Waals surface area contributed by atoms with Gasteiger partial charge in [0.2, 0.25) is 0 Å². The van der Waals surface area contributed by atoms with Crippen LogP contribution in [0.2, 0.25) is 0 Å². The molecular weight excluding hydrogens is 304 g/mol. The third-order valence-corrected chi connectivity index (χ3v) is 3.64. The van der Waals surface area contributed by atoms with Gasteiger partial charge < -0.3 is 5.11 Å². The number of fused-ring (bicyclic) bond motifs is 1. The van der Waals surface area contributed by atoms with Crippen LogP contribution in [-0.2, 0) is 5.88 Å². The van der Waals surface area contributed by atoms with E-state index in [0.29, 0.717) is 16.7 Å². The number of hydrogen-bond acceptors (Lipinski definition) is 4. The number of phenols is 1. The standard InChI is InChI=1S/C16H11ClN2O3/c17-8-10-5-6-14(20)11(7-10)9-18-19-15(21)12-3-1-2-4-13(12)16(19)22/h1-7,9,20H,8H2/b18-9-. The van der Waals surface area contributed by atoms with Gasteiger partial charge in [0.1, 0.15) is 5.75 Å². The summed E-state index contributed by atoms with van der Waals surface area (Å²) in [6.07, 6.45) is 1.27. The average molecular weight is 315 g/mol. The normalized spacial score (nSPS) is 14.0. The first-order valence-corrected chi connectivity index (χ1v) is 7.05. The molecule has 0 saturated carbocycles. The van der Waals surface area contributed by atoms with Gasteiger partial charge >= 0.3 is 0 Å². The maximum absolute atomic E-state index is 12.1. The van der Waals surface area contributed by atoms with E-state index in [1.807, 2.05) is 0 Å². The Hall–Kier alpha value is -2.66. The Morgan fingerprint density at radius 3 is 2.32 bits per heavy atom. The lowest BCUT2D eigenvalue weighted by atomic mass is 10.1. The predicted molar refractivity (Wildman–Crippen MR) is 82.2 cm³/mol. The Kier molecular flexibility index (Phi) is 3.65. The lowest BCUT2D eigenvalue weighted by Gasteiger charge is -2.06. The molecule has 22 heavy (non-hydrogen) atoms. The minimum atomic E-state index is -0.482. The first-order valence-electron chi connectivity index (χ1n) is 6.51. The molecular formula is C16H11ClN2O3. The van der Waals surface area contributed by atoms with Gasteiger partial charge in [-0.1, -0.05) is 18.2 Å². The predicted octanol–water partition coefficient (Wildman–Crippen LogP) is 2.76. The van der Waals surface area contributed by atoms with E-state index in [9.17, 15) is 14.7 Å². The van der Waals surface area contributed by atoms with Crippen molar-refractivity contribution in [3.8, 4) is 5.75 Å². The summed E-state index contributed by atoms with van der Waals surface area (Å²) < 4.78 is 0.